The summed E-state index contributed by atoms with van der Waals surface area (Å²) < 4.78 is 17.2. The van der Waals surface area contributed by atoms with Gasteiger partial charge in [-0.05, 0) is 42.3 Å². The van der Waals surface area contributed by atoms with Gasteiger partial charge in [-0.1, -0.05) is 24.3 Å². The van der Waals surface area contributed by atoms with E-state index < -0.39 is 11.6 Å². The topological polar surface area (TPSA) is 101 Å². The second-order valence-corrected chi connectivity index (χ2v) is 9.65. The summed E-state index contributed by atoms with van der Waals surface area (Å²) in [6.07, 6.45) is 0.450. The first-order valence-electron chi connectivity index (χ1n) is 12.8. The molecule has 37 heavy (non-hydrogen) atoms. The number of rotatable bonds is 7. The molecule has 0 saturated carbocycles. The molecule has 5 rings (SSSR count). The van der Waals surface area contributed by atoms with E-state index in [-0.39, 0.29) is 25.0 Å². The van der Waals surface area contributed by atoms with Crippen LogP contribution in [0.25, 0.3) is 0 Å². The Morgan fingerprint density at radius 2 is 1.86 bits per heavy atom. The number of nitrogens with zero attached hydrogens (tertiary/aromatic N) is 3. The van der Waals surface area contributed by atoms with Crippen LogP contribution in [0.2, 0.25) is 0 Å². The first-order chi connectivity index (χ1) is 18.0. The molecule has 0 aliphatic carbocycles. The van der Waals surface area contributed by atoms with Crippen LogP contribution in [0.4, 0.5) is 0 Å². The average molecular weight is 508 g/mol. The number of ether oxygens (including phenoxy) is 3. The lowest BCUT2D eigenvalue weighted by atomic mass is 9.85. The van der Waals surface area contributed by atoms with Crippen molar-refractivity contribution in [2.75, 3.05) is 46.1 Å². The van der Waals surface area contributed by atoms with Gasteiger partial charge in [0.2, 0.25) is 11.8 Å². The molecular weight excluding hydrogens is 474 g/mol. The lowest BCUT2D eigenvalue weighted by molar-refractivity contribution is -0.147. The Morgan fingerprint density at radius 1 is 1.14 bits per heavy atom. The Hall–Kier alpha value is -3.43. The van der Waals surface area contributed by atoms with E-state index in [0.29, 0.717) is 63.9 Å². The molecule has 1 saturated heterocycles. The highest BCUT2D eigenvalue weighted by molar-refractivity contribution is 6.01. The molecule has 0 radical (unpaired) electrons. The van der Waals surface area contributed by atoms with Gasteiger partial charge in [-0.15, -0.1) is 0 Å². The van der Waals surface area contributed by atoms with Crippen LogP contribution < -0.4 is 4.74 Å². The van der Waals surface area contributed by atoms with Gasteiger partial charge in [-0.2, -0.15) is 0 Å². The van der Waals surface area contributed by atoms with Gasteiger partial charge >= 0.3 is 0 Å². The number of aliphatic hydroxyl groups excluding tert-OH is 1. The van der Waals surface area contributed by atoms with Crippen molar-refractivity contribution in [3.8, 4) is 5.75 Å². The van der Waals surface area contributed by atoms with Crippen molar-refractivity contribution >= 4 is 17.7 Å². The fourth-order valence-electron chi connectivity index (χ4n) is 5.05. The third kappa shape index (κ3) is 5.19. The van der Waals surface area contributed by atoms with Crippen LogP contribution >= 0.6 is 0 Å². The van der Waals surface area contributed by atoms with E-state index in [2.05, 4.69) is 0 Å². The number of morpholine rings is 1. The van der Waals surface area contributed by atoms with Crippen molar-refractivity contribution in [3.63, 3.8) is 0 Å². The van der Waals surface area contributed by atoms with Crippen molar-refractivity contribution in [3.05, 3.63) is 65.2 Å². The smallest absolute Gasteiger partial charge is 0.255 e. The summed E-state index contributed by atoms with van der Waals surface area (Å²) in [7, 11) is 0. The number of carbonyl (C=O) groups is 2. The van der Waals surface area contributed by atoms with E-state index in [9.17, 15) is 9.59 Å². The molecule has 3 aliphatic rings. The maximum absolute atomic E-state index is 14.1. The number of aliphatic imine (C=N–C) groups is 1. The molecule has 2 amide bonds. The van der Waals surface area contributed by atoms with Gasteiger partial charge in [0.05, 0.1) is 19.8 Å². The predicted molar refractivity (Wildman–Crippen MR) is 136 cm³/mol. The number of amides is 2. The predicted octanol–water partition coefficient (Wildman–Crippen LogP) is 1.80. The molecule has 2 atom stereocenters. The van der Waals surface area contributed by atoms with Crippen LogP contribution in [0.3, 0.4) is 0 Å². The number of carbonyl (C=O) groups excluding carboxylic acids is 2. The number of hydrogen-bond donors (Lipinski definition) is 1. The summed E-state index contributed by atoms with van der Waals surface area (Å²) in [6.45, 7) is 4.81. The Morgan fingerprint density at radius 3 is 2.59 bits per heavy atom. The highest BCUT2D eigenvalue weighted by atomic mass is 16.5. The molecule has 9 nitrogen and oxygen atoms in total. The average Bonchev–Trinajstić information content (AvgIpc) is 3.20. The second kappa shape index (κ2) is 10.9. The summed E-state index contributed by atoms with van der Waals surface area (Å²) in [4.78, 5) is 35.6. The zero-order chi connectivity index (χ0) is 25.8. The molecule has 9 heteroatoms. The van der Waals surface area contributed by atoms with Gasteiger partial charge in [0.15, 0.2) is 5.54 Å². The fourth-order valence-corrected chi connectivity index (χ4v) is 5.05. The second-order valence-electron chi connectivity index (χ2n) is 9.65. The van der Waals surface area contributed by atoms with Gasteiger partial charge in [0.25, 0.3) is 5.91 Å². The third-order valence-electron chi connectivity index (χ3n) is 7.22. The summed E-state index contributed by atoms with van der Waals surface area (Å²) in [6, 6.07) is 15.3. The van der Waals surface area contributed by atoms with Crippen LogP contribution in [0.5, 0.6) is 5.75 Å². The lowest BCUT2D eigenvalue weighted by Gasteiger charge is -2.33. The molecule has 1 fully saturated rings. The van der Waals surface area contributed by atoms with Crippen molar-refractivity contribution in [2.24, 2.45) is 4.99 Å². The van der Waals surface area contributed by atoms with Crippen LogP contribution in [-0.2, 0) is 32.0 Å². The molecule has 3 aliphatic heterocycles. The quantitative estimate of drug-likeness (QED) is 0.574. The Labute approximate surface area is 216 Å². The van der Waals surface area contributed by atoms with E-state index in [1.165, 1.54) is 0 Å². The highest BCUT2D eigenvalue weighted by Gasteiger charge is 2.53. The van der Waals surface area contributed by atoms with Gasteiger partial charge in [-0.3, -0.25) is 9.59 Å². The minimum absolute atomic E-state index is 0.00757. The number of hydrogen-bond acceptors (Lipinski definition) is 7. The zero-order valence-corrected chi connectivity index (χ0v) is 21.1. The first kappa shape index (κ1) is 25.2. The Kier molecular flexibility index (Phi) is 7.43. The minimum Gasteiger partial charge on any atom is -0.494 e. The molecule has 2 aromatic carbocycles. The standard InChI is InChI=1S/C28H33N3O6/c1-20-28(29-26(37-20)21-7-9-24(10-8-21)36-14-4-13-32)17-22-5-2-3-6-23(22)18-31(27(28)34)19-25(33)30-11-15-35-16-12-30/h2-3,5-10,20,32H,4,11-19H2,1H3/t20-,28-/m1/s1. The van der Waals surface area contributed by atoms with Crippen LogP contribution in [0.1, 0.15) is 30.0 Å². The molecule has 0 aromatic heterocycles. The van der Waals surface area contributed by atoms with Crippen molar-refractivity contribution in [1.29, 1.82) is 0 Å². The monoisotopic (exact) mass is 507 g/mol. The number of fused-ring (bicyclic) bond motifs is 1. The first-order valence-corrected chi connectivity index (χ1v) is 12.8. The summed E-state index contributed by atoms with van der Waals surface area (Å²) in [5.41, 5.74) is 1.64. The lowest BCUT2D eigenvalue weighted by Crippen LogP contribution is -2.55. The van der Waals surface area contributed by atoms with E-state index in [1.807, 2.05) is 55.5 Å². The summed E-state index contributed by atoms with van der Waals surface area (Å²) >= 11 is 0. The Bertz CT molecular complexity index is 1160. The van der Waals surface area contributed by atoms with Crippen LogP contribution in [0.15, 0.2) is 53.5 Å². The van der Waals surface area contributed by atoms with E-state index in [1.54, 1.807) is 9.80 Å². The molecule has 0 bridgehead atoms. The molecule has 0 unspecified atom stereocenters. The number of aliphatic hydroxyl groups is 1. The summed E-state index contributed by atoms with van der Waals surface area (Å²) in [5.74, 6) is 0.808. The van der Waals surface area contributed by atoms with Crippen molar-refractivity contribution in [1.82, 2.24) is 9.80 Å². The van der Waals surface area contributed by atoms with Crippen LogP contribution in [-0.4, -0.2) is 90.3 Å². The molecule has 2 aromatic rings. The maximum Gasteiger partial charge on any atom is 0.255 e. The molecule has 196 valence electrons. The van der Waals surface area contributed by atoms with Gasteiger partial charge in [-0.25, -0.2) is 4.99 Å². The van der Waals surface area contributed by atoms with Crippen molar-refractivity contribution in [2.45, 2.75) is 38.0 Å². The normalized spacial score (nSPS) is 23.4. The van der Waals surface area contributed by atoms with Gasteiger partial charge in [0, 0.05) is 44.6 Å². The highest BCUT2D eigenvalue weighted by Crippen LogP contribution is 2.37. The van der Waals surface area contributed by atoms with Gasteiger partial charge in [0.1, 0.15) is 18.4 Å². The van der Waals surface area contributed by atoms with Crippen LogP contribution in [0, 0.1) is 0 Å². The molecular formula is C28H33N3O6. The fraction of sp³-hybridized carbons (Fsp3) is 0.464. The SMILES string of the molecule is C[C@H]1OC(c2ccc(OCCCO)cc2)=N[C@]12Cc1ccccc1CN(CC(=O)N1CCOCC1)C2=O. The Balaban J connectivity index is 1.43. The molecule has 1 N–H and O–H groups in total. The molecule has 1 spiro atoms. The number of benzene rings is 2. The van der Waals surface area contributed by atoms with E-state index >= 15 is 0 Å². The van der Waals surface area contributed by atoms with E-state index in [0.717, 1.165) is 16.7 Å². The van der Waals surface area contributed by atoms with Gasteiger partial charge < -0.3 is 29.1 Å². The molecule has 3 heterocycles. The maximum atomic E-state index is 14.1. The van der Waals surface area contributed by atoms with E-state index in [4.69, 9.17) is 24.3 Å². The van der Waals surface area contributed by atoms with Crippen molar-refractivity contribution < 1.29 is 28.9 Å². The summed E-state index contributed by atoms with van der Waals surface area (Å²) in [5, 5.41) is 8.94. The zero-order valence-electron chi connectivity index (χ0n) is 21.1. The largest absolute Gasteiger partial charge is 0.494 e. The minimum atomic E-state index is -1.16. The third-order valence-corrected chi connectivity index (χ3v) is 7.22.